The largest absolute Gasteiger partial charge is 0.508 e. The highest BCUT2D eigenvalue weighted by atomic mass is 32.2. The molecule has 9 heteroatoms. The number of aliphatic hydroxyl groups excluding tert-OH is 1. The first-order valence-corrected chi connectivity index (χ1v) is 18.2. The fourth-order valence-electron chi connectivity index (χ4n) is 5.14. The number of aliphatic hydroxyl groups is 1. The Hall–Kier alpha value is -3.34. The molecule has 1 atom stereocenters. The van der Waals surface area contributed by atoms with E-state index in [2.05, 4.69) is 13.8 Å². The summed E-state index contributed by atoms with van der Waals surface area (Å²) >= 11 is 1.22. The zero-order chi connectivity index (χ0) is 32.9. The van der Waals surface area contributed by atoms with E-state index in [-0.39, 0.29) is 10.6 Å². The van der Waals surface area contributed by atoms with Crippen LogP contribution in [0.4, 0.5) is 0 Å². The predicted octanol–water partition coefficient (Wildman–Crippen LogP) is 9.20. The van der Waals surface area contributed by atoms with Crippen molar-refractivity contribution < 1.29 is 32.7 Å². The highest BCUT2D eigenvalue weighted by Gasteiger charge is 2.21. The number of benzene rings is 4. The molecule has 3 N–H and O–H groups in total. The second kappa shape index (κ2) is 17.5. The van der Waals surface area contributed by atoms with Crippen molar-refractivity contribution in [1.82, 2.24) is 0 Å². The number of aromatic hydroxyl groups is 1. The molecule has 246 valence electrons. The Morgan fingerprint density at radius 2 is 1.54 bits per heavy atom. The molecule has 4 aromatic rings. The van der Waals surface area contributed by atoms with E-state index in [1.807, 2.05) is 30.3 Å². The van der Waals surface area contributed by atoms with Crippen LogP contribution in [0.3, 0.4) is 0 Å². The molecule has 7 nitrogen and oxygen atoms in total. The summed E-state index contributed by atoms with van der Waals surface area (Å²) in [6.07, 6.45) is 6.59. The first kappa shape index (κ1) is 35.5. The summed E-state index contributed by atoms with van der Waals surface area (Å²) in [4.78, 5) is 0.928. The average Bonchev–Trinajstić information content (AvgIpc) is 3.04. The summed E-state index contributed by atoms with van der Waals surface area (Å²) < 4.78 is 46.8. The van der Waals surface area contributed by atoms with E-state index in [9.17, 15) is 23.2 Å². The lowest BCUT2D eigenvalue weighted by Crippen LogP contribution is -2.05. The molecule has 0 aliphatic carbocycles. The van der Waals surface area contributed by atoms with Gasteiger partial charge in [-0.05, 0) is 89.2 Å². The molecular formula is C37H44O7S2. The Balaban J connectivity index is 1.55. The third-order valence-electron chi connectivity index (χ3n) is 7.58. The minimum absolute atomic E-state index is 0.0196. The smallest absolute Gasteiger partial charge is 0.295 e. The van der Waals surface area contributed by atoms with E-state index < -0.39 is 16.2 Å². The van der Waals surface area contributed by atoms with Gasteiger partial charge in [-0.25, -0.2) is 0 Å². The van der Waals surface area contributed by atoms with Gasteiger partial charge < -0.3 is 19.7 Å². The quantitative estimate of drug-likeness (QED) is 0.0713. The first-order chi connectivity index (χ1) is 22.2. The van der Waals surface area contributed by atoms with E-state index in [4.69, 9.17) is 9.47 Å². The van der Waals surface area contributed by atoms with Crippen LogP contribution in [0.2, 0.25) is 0 Å². The summed E-state index contributed by atoms with van der Waals surface area (Å²) in [5.41, 5.74) is 2.86. The molecule has 4 rings (SSSR count). The summed E-state index contributed by atoms with van der Waals surface area (Å²) in [6.45, 7) is 5.86. The van der Waals surface area contributed by atoms with Crippen LogP contribution in [-0.2, 0) is 21.5 Å². The van der Waals surface area contributed by atoms with Crippen LogP contribution in [0.25, 0.3) is 11.1 Å². The fraction of sp³-hybridized carbons (Fsp3) is 0.351. The normalized spacial score (nSPS) is 12.3. The maximum absolute atomic E-state index is 12.6. The van der Waals surface area contributed by atoms with Crippen LogP contribution >= 0.6 is 11.8 Å². The van der Waals surface area contributed by atoms with Crippen LogP contribution in [0.15, 0.2) is 99.6 Å². The summed E-state index contributed by atoms with van der Waals surface area (Å²) in [5, 5.41) is 22.0. The van der Waals surface area contributed by atoms with Gasteiger partial charge in [0.05, 0.1) is 13.2 Å². The van der Waals surface area contributed by atoms with Gasteiger partial charge in [0, 0.05) is 16.4 Å². The Labute approximate surface area is 277 Å². The number of rotatable bonds is 18. The highest BCUT2D eigenvalue weighted by molar-refractivity contribution is 8.00. The summed E-state index contributed by atoms with van der Waals surface area (Å²) in [6, 6.07) is 24.3. The molecule has 4 aromatic carbocycles. The summed E-state index contributed by atoms with van der Waals surface area (Å²) in [7, 11) is -4.58. The van der Waals surface area contributed by atoms with Gasteiger partial charge in [-0.1, -0.05) is 94.1 Å². The first-order valence-electron chi connectivity index (χ1n) is 15.9. The van der Waals surface area contributed by atoms with Crippen molar-refractivity contribution in [1.29, 1.82) is 0 Å². The number of phenols is 1. The van der Waals surface area contributed by atoms with Crippen LogP contribution in [0.5, 0.6) is 11.5 Å². The van der Waals surface area contributed by atoms with Crippen molar-refractivity contribution in [2.24, 2.45) is 0 Å². The molecule has 1 unspecified atom stereocenters. The Kier molecular flexibility index (Phi) is 13.5. The lowest BCUT2D eigenvalue weighted by Gasteiger charge is -2.18. The second-order valence-corrected chi connectivity index (χ2v) is 13.8. The third kappa shape index (κ3) is 10.3. The van der Waals surface area contributed by atoms with Crippen LogP contribution in [0, 0.1) is 0 Å². The van der Waals surface area contributed by atoms with Crippen molar-refractivity contribution in [3.8, 4) is 22.6 Å². The van der Waals surface area contributed by atoms with Crippen molar-refractivity contribution in [3.05, 3.63) is 102 Å². The van der Waals surface area contributed by atoms with Gasteiger partial charge in [0.15, 0.2) is 0 Å². The number of hydrogen-bond donors (Lipinski definition) is 3. The molecule has 0 spiro atoms. The second-order valence-electron chi connectivity index (χ2n) is 11.3. The molecule has 46 heavy (non-hydrogen) atoms. The zero-order valence-electron chi connectivity index (χ0n) is 26.5. The minimum atomic E-state index is -4.58. The monoisotopic (exact) mass is 664 g/mol. The average molecular weight is 665 g/mol. The number of unbranched alkanes of at least 4 members (excludes halogenated alkanes) is 5. The minimum Gasteiger partial charge on any atom is -0.508 e. The van der Waals surface area contributed by atoms with Gasteiger partial charge in [-0.15, -0.1) is 0 Å². The molecular weight excluding hydrogens is 621 g/mol. The molecule has 0 aromatic heterocycles. The third-order valence-corrected chi connectivity index (χ3v) is 9.69. The maximum atomic E-state index is 12.6. The van der Waals surface area contributed by atoms with Gasteiger partial charge in [0.25, 0.3) is 10.1 Å². The Morgan fingerprint density at radius 3 is 2.28 bits per heavy atom. The van der Waals surface area contributed by atoms with Gasteiger partial charge in [-0.2, -0.15) is 8.42 Å². The molecule has 0 amide bonds. The van der Waals surface area contributed by atoms with Gasteiger partial charge in [0.2, 0.25) is 0 Å². The Morgan fingerprint density at radius 1 is 0.804 bits per heavy atom. The predicted molar refractivity (Wildman–Crippen MR) is 183 cm³/mol. The number of ether oxygens (including phenoxy) is 2. The molecule has 0 aliphatic rings. The van der Waals surface area contributed by atoms with Gasteiger partial charge in [0.1, 0.15) is 22.5 Å². The maximum Gasteiger partial charge on any atom is 0.295 e. The van der Waals surface area contributed by atoms with Crippen molar-refractivity contribution in [2.75, 3.05) is 13.2 Å². The van der Waals surface area contributed by atoms with E-state index >= 15 is 0 Å². The van der Waals surface area contributed by atoms with Crippen LogP contribution in [-0.4, -0.2) is 36.4 Å². The SMILES string of the molecule is CCCCCCCOCc1cc(O)cc(C(O)c2ccccc2-c2ccc(Sc3ccc(OCCCC)cc3)c(S(=O)(=O)O)c2)c1. The van der Waals surface area contributed by atoms with Crippen LogP contribution < -0.4 is 4.74 Å². The zero-order valence-corrected chi connectivity index (χ0v) is 28.2. The standard InChI is InChI=1S/C37H44O7S2/c1-3-5-7-8-11-20-43-26-27-22-29(24-30(38)23-27)37(39)34-13-10-9-12-33(34)28-14-19-35(36(25-28)46(40,41)42)45-32-17-15-31(16-18-32)44-21-6-4-2/h9-10,12-19,22-25,37-39H,3-8,11,20-21,26H2,1-2H3,(H,40,41,42). The van der Waals surface area contributed by atoms with Crippen molar-refractivity contribution >= 4 is 21.9 Å². The molecule has 0 bridgehead atoms. The van der Waals surface area contributed by atoms with Crippen molar-refractivity contribution in [2.45, 2.75) is 86.2 Å². The number of phenolic OH excluding ortho intramolecular Hbond substituents is 1. The van der Waals surface area contributed by atoms with E-state index in [0.29, 0.717) is 47.0 Å². The van der Waals surface area contributed by atoms with Gasteiger partial charge in [-0.3, -0.25) is 4.55 Å². The topological polar surface area (TPSA) is 113 Å². The lowest BCUT2D eigenvalue weighted by molar-refractivity contribution is 0.116. The molecule has 0 aliphatic heterocycles. The van der Waals surface area contributed by atoms with E-state index in [1.54, 1.807) is 42.5 Å². The molecule has 0 fully saturated rings. The van der Waals surface area contributed by atoms with E-state index in [0.717, 1.165) is 41.9 Å². The molecule has 0 saturated carbocycles. The molecule has 0 radical (unpaired) electrons. The molecule has 0 saturated heterocycles. The Bertz CT molecular complexity index is 1650. The molecule has 0 heterocycles. The van der Waals surface area contributed by atoms with E-state index in [1.165, 1.54) is 43.2 Å². The number of hydrogen-bond acceptors (Lipinski definition) is 7. The lowest BCUT2D eigenvalue weighted by atomic mass is 9.92. The summed E-state index contributed by atoms with van der Waals surface area (Å²) in [5.74, 6) is 0.758. The van der Waals surface area contributed by atoms with Crippen molar-refractivity contribution in [3.63, 3.8) is 0 Å². The fourth-order valence-corrected chi connectivity index (χ4v) is 7.00. The highest BCUT2D eigenvalue weighted by Crippen LogP contribution is 2.39. The van der Waals surface area contributed by atoms with Crippen LogP contribution in [0.1, 0.15) is 81.6 Å². The van der Waals surface area contributed by atoms with Gasteiger partial charge >= 0.3 is 0 Å².